The maximum atomic E-state index is 13.7. The number of amides is 1. The Bertz CT molecular complexity index is 1410. The monoisotopic (exact) mass is 454 g/mol. The SMILES string of the molecule is CCc1ccc(-c2ccc3c(c2)C(c2ccc(F)cc2)=NC(CC(N)=O)c2onc(C)c2-3)cn1. The number of carbonyl (C=O) groups excluding carboxylic acids is 1. The van der Waals surface area contributed by atoms with Crippen LogP contribution in [-0.2, 0) is 11.2 Å². The second kappa shape index (κ2) is 8.67. The van der Waals surface area contributed by atoms with E-state index in [4.69, 9.17) is 15.2 Å². The van der Waals surface area contributed by atoms with Crippen LogP contribution in [0.2, 0.25) is 0 Å². The lowest BCUT2D eigenvalue weighted by Gasteiger charge is -2.13. The Morgan fingerprint density at radius 1 is 1.03 bits per heavy atom. The average molecular weight is 455 g/mol. The number of aryl methyl sites for hydroxylation is 2. The highest BCUT2D eigenvalue weighted by Crippen LogP contribution is 2.42. The van der Waals surface area contributed by atoms with Crippen molar-refractivity contribution < 1.29 is 13.7 Å². The minimum atomic E-state index is -0.643. The summed E-state index contributed by atoms with van der Waals surface area (Å²) in [6.45, 7) is 3.93. The number of nitrogens with two attached hydrogens (primary N) is 1. The molecule has 0 fully saturated rings. The topological polar surface area (TPSA) is 94.4 Å². The number of carbonyl (C=O) groups is 1. The van der Waals surface area contributed by atoms with Crippen LogP contribution in [0, 0.1) is 12.7 Å². The minimum Gasteiger partial charge on any atom is -0.370 e. The standard InChI is InChI=1S/C27H23FN4O2/c1-3-20-10-6-18(14-30-20)17-7-11-21-22(12-17)26(16-4-8-19(28)9-5-16)31-23(13-24(29)33)27-25(21)15(2)32-34-27/h4-12,14,23H,3,13H2,1-2H3,(H2,29,33). The fourth-order valence-electron chi connectivity index (χ4n) is 4.34. The van der Waals surface area contributed by atoms with Crippen LogP contribution in [0.3, 0.4) is 0 Å². The number of nitrogens with zero attached hydrogens (tertiary/aromatic N) is 3. The number of fused-ring (bicyclic) bond motifs is 3. The van der Waals surface area contributed by atoms with E-state index in [0.717, 1.165) is 45.5 Å². The molecule has 0 saturated carbocycles. The number of benzene rings is 2. The van der Waals surface area contributed by atoms with Crippen molar-refractivity contribution in [2.75, 3.05) is 0 Å². The zero-order valence-corrected chi connectivity index (χ0v) is 18.9. The minimum absolute atomic E-state index is 0.0322. The van der Waals surface area contributed by atoms with Gasteiger partial charge in [-0.05, 0) is 60.9 Å². The molecule has 2 N–H and O–H groups in total. The molecule has 4 aromatic rings. The Balaban J connectivity index is 1.76. The van der Waals surface area contributed by atoms with Gasteiger partial charge in [0.15, 0.2) is 5.76 Å². The van der Waals surface area contributed by atoms with Crippen LogP contribution in [0.15, 0.2) is 70.3 Å². The molecule has 7 heteroatoms. The molecule has 34 heavy (non-hydrogen) atoms. The van der Waals surface area contributed by atoms with E-state index in [-0.39, 0.29) is 12.2 Å². The molecule has 0 aliphatic carbocycles. The Kier molecular flexibility index (Phi) is 5.53. The lowest BCUT2D eigenvalue weighted by atomic mass is 9.90. The second-order valence-electron chi connectivity index (χ2n) is 8.33. The van der Waals surface area contributed by atoms with Crippen LogP contribution in [0.1, 0.15) is 47.7 Å². The number of aromatic nitrogens is 2. The van der Waals surface area contributed by atoms with Gasteiger partial charge >= 0.3 is 0 Å². The summed E-state index contributed by atoms with van der Waals surface area (Å²) in [6.07, 6.45) is 2.69. The summed E-state index contributed by atoms with van der Waals surface area (Å²) >= 11 is 0. The number of aliphatic imine (C=N–C) groups is 1. The van der Waals surface area contributed by atoms with Crippen LogP contribution in [-0.4, -0.2) is 21.8 Å². The van der Waals surface area contributed by atoms with E-state index in [1.54, 1.807) is 12.1 Å². The van der Waals surface area contributed by atoms with Crippen LogP contribution in [0.4, 0.5) is 4.39 Å². The van der Waals surface area contributed by atoms with Gasteiger partial charge in [0.1, 0.15) is 11.9 Å². The fraction of sp³-hybridized carbons (Fsp3) is 0.185. The van der Waals surface area contributed by atoms with Crippen molar-refractivity contribution in [3.63, 3.8) is 0 Å². The third kappa shape index (κ3) is 3.90. The predicted octanol–water partition coefficient (Wildman–Crippen LogP) is 5.18. The van der Waals surface area contributed by atoms with Crippen LogP contribution in [0.5, 0.6) is 0 Å². The number of rotatable bonds is 5. The van der Waals surface area contributed by atoms with Gasteiger partial charge in [0.25, 0.3) is 0 Å². The second-order valence-corrected chi connectivity index (χ2v) is 8.33. The van der Waals surface area contributed by atoms with Crippen molar-refractivity contribution in [1.29, 1.82) is 0 Å². The summed E-state index contributed by atoms with van der Waals surface area (Å²) < 4.78 is 19.4. The van der Waals surface area contributed by atoms with E-state index < -0.39 is 11.9 Å². The molecule has 6 nitrogen and oxygen atoms in total. The van der Waals surface area contributed by atoms with Gasteiger partial charge in [-0.15, -0.1) is 0 Å². The van der Waals surface area contributed by atoms with Crippen molar-refractivity contribution in [2.24, 2.45) is 10.7 Å². The Hall–Kier alpha value is -4.13. The number of pyridine rings is 1. The van der Waals surface area contributed by atoms with Crippen LogP contribution >= 0.6 is 0 Å². The maximum absolute atomic E-state index is 13.7. The first-order chi connectivity index (χ1) is 16.4. The summed E-state index contributed by atoms with van der Waals surface area (Å²) in [7, 11) is 0. The quantitative estimate of drug-likeness (QED) is 0.449. The van der Waals surface area contributed by atoms with Crippen molar-refractivity contribution in [3.8, 4) is 22.3 Å². The highest BCUT2D eigenvalue weighted by Gasteiger charge is 2.31. The van der Waals surface area contributed by atoms with Gasteiger partial charge in [-0.25, -0.2) is 4.39 Å². The van der Waals surface area contributed by atoms with Crippen molar-refractivity contribution in [2.45, 2.75) is 32.7 Å². The maximum Gasteiger partial charge on any atom is 0.220 e. The summed E-state index contributed by atoms with van der Waals surface area (Å²) in [6, 6.07) is 15.6. The van der Waals surface area contributed by atoms with E-state index >= 15 is 0 Å². The molecule has 5 rings (SSSR count). The largest absolute Gasteiger partial charge is 0.370 e. The van der Waals surface area contributed by atoms with Gasteiger partial charge in [-0.2, -0.15) is 0 Å². The lowest BCUT2D eigenvalue weighted by molar-refractivity contribution is -0.118. The number of hydrogen-bond donors (Lipinski definition) is 1. The molecule has 1 unspecified atom stereocenters. The molecule has 1 aliphatic rings. The number of halogens is 1. The average Bonchev–Trinajstić information content (AvgIpc) is 3.17. The molecule has 1 aliphatic heterocycles. The first kappa shape index (κ1) is 21.7. The van der Waals surface area contributed by atoms with Gasteiger partial charge < -0.3 is 10.3 Å². The normalized spacial score (nSPS) is 14.7. The zero-order valence-electron chi connectivity index (χ0n) is 18.9. The van der Waals surface area contributed by atoms with Gasteiger partial charge in [-0.3, -0.25) is 14.8 Å². The highest BCUT2D eigenvalue weighted by molar-refractivity contribution is 6.17. The van der Waals surface area contributed by atoms with Crippen LogP contribution in [0.25, 0.3) is 22.3 Å². The molecule has 0 radical (unpaired) electrons. The van der Waals surface area contributed by atoms with Gasteiger partial charge in [0, 0.05) is 28.6 Å². The van der Waals surface area contributed by atoms with E-state index in [0.29, 0.717) is 17.2 Å². The molecule has 1 atom stereocenters. The highest BCUT2D eigenvalue weighted by atomic mass is 19.1. The summed E-state index contributed by atoms with van der Waals surface area (Å²) in [5.74, 6) is -0.341. The summed E-state index contributed by atoms with van der Waals surface area (Å²) in [5, 5.41) is 4.15. The molecule has 0 spiro atoms. The van der Waals surface area contributed by atoms with Gasteiger partial charge in [-0.1, -0.05) is 30.3 Å². The zero-order chi connectivity index (χ0) is 23.8. The first-order valence-electron chi connectivity index (χ1n) is 11.1. The van der Waals surface area contributed by atoms with Crippen LogP contribution < -0.4 is 5.73 Å². The van der Waals surface area contributed by atoms with E-state index in [1.807, 2.05) is 43.5 Å². The predicted molar refractivity (Wildman–Crippen MR) is 128 cm³/mol. The van der Waals surface area contributed by atoms with Crippen molar-refractivity contribution in [3.05, 3.63) is 94.9 Å². The first-order valence-corrected chi connectivity index (χ1v) is 11.1. The third-order valence-electron chi connectivity index (χ3n) is 6.05. The summed E-state index contributed by atoms with van der Waals surface area (Å²) in [4.78, 5) is 21.3. The van der Waals surface area contributed by atoms with Gasteiger partial charge in [0.2, 0.25) is 5.91 Å². The molecular weight excluding hydrogens is 431 g/mol. The van der Waals surface area contributed by atoms with Crippen molar-refractivity contribution >= 4 is 11.6 Å². The van der Waals surface area contributed by atoms with Gasteiger partial charge in [0.05, 0.1) is 23.4 Å². The Labute approximate surface area is 196 Å². The summed E-state index contributed by atoms with van der Waals surface area (Å²) in [5.41, 5.74) is 13.1. The fourth-order valence-corrected chi connectivity index (χ4v) is 4.34. The number of primary amides is 1. The molecule has 2 aromatic heterocycles. The molecular formula is C27H23FN4O2. The molecule has 2 aromatic carbocycles. The smallest absolute Gasteiger partial charge is 0.220 e. The van der Waals surface area contributed by atoms with E-state index in [9.17, 15) is 9.18 Å². The Morgan fingerprint density at radius 2 is 1.76 bits per heavy atom. The van der Waals surface area contributed by atoms with Crippen molar-refractivity contribution in [1.82, 2.24) is 10.1 Å². The molecule has 3 heterocycles. The molecule has 0 saturated heterocycles. The molecule has 0 bridgehead atoms. The van der Waals surface area contributed by atoms with E-state index in [1.165, 1.54) is 12.1 Å². The molecule has 170 valence electrons. The molecule has 1 amide bonds. The third-order valence-corrected chi connectivity index (χ3v) is 6.05. The van der Waals surface area contributed by atoms with E-state index in [2.05, 4.69) is 17.1 Å². The Morgan fingerprint density at radius 3 is 2.44 bits per heavy atom. The number of hydrogen-bond acceptors (Lipinski definition) is 5. The lowest BCUT2D eigenvalue weighted by Crippen LogP contribution is -2.15.